The molecule has 2 unspecified atom stereocenters. The second kappa shape index (κ2) is 10.7. The summed E-state index contributed by atoms with van der Waals surface area (Å²) in [5.41, 5.74) is 0. The minimum absolute atomic E-state index is 0.0574. The summed E-state index contributed by atoms with van der Waals surface area (Å²) in [7, 11) is 0. The molecular formula is C20H35NO3. The van der Waals surface area contributed by atoms with Crippen molar-refractivity contribution in [2.24, 2.45) is 17.8 Å². The van der Waals surface area contributed by atoms with Crippen LogP contribution in [-0.2, 0) is 9.53 Å². The fourth-order valence-electron chi connectivity index (χ4n) is 4.70. The average molecular weight is 338 g/mol. The number of nitrogens with one attached hydrogen (secondary N) is 1. The van der Waals surface area contributed by atoms with Crippen LogP contribution in [0.4, 0.5) is 4.79 Å². The molecule has 4 nitrogen and oxygen atoms in total. The maximum absolute atomic E-state index is 11.4. The topological polar surface area (TPSA) is 55.4 Å². The van der Waals surface area contributed by atoms with Crippen LogP contribution >= 0.6 is 0 Å². The van der Waals surface area contributed by atoms with E-state index in [9.17, 15) is 9.59 Å². The molecule has 2 fully saturated rings. The third-order valence-electron chi connectivity index (χ3n) is 5.91. The van der Waals surface area contributed by atoms with Gasteiger partial charge >= 0.3 is 6.09 Å². The summed E-state index contributed by atoms with van der Waals surface area (Å²) < 4.78 is 5.12. The summed E-state index contributed by atoms with van der Waals surface area (Å²) in [4.78, 5) is 22.2. The van der Waals surface area contributed by atoms with Gasteiger partial charge in [-0.25, -0.2) is 4.79 Å². The zero-order valence-electron chi connectivity index (χ0n) is 15.4. The number of unbranched alkanes of at least 4 members (excludes halogenated alkanes) is 1. The number of Topliss-reactive ketones (excluding diaryl/α,β-unsaturated/α-hetero) is 1. The molecule has 1 amide bonds. The van der Waals surface area contributed by atoms with E-state index in [0.29, 0.717) is 6.61 Å². The number of alkyl carbamates (subject to hydrolysis) is 1. The van der Waals surface area contributed by atoms with Gasteiger partial charge in [0.05, 0.1) is 13.2 Å². The molecule has 0 heterocycles. The van der Waals surface area contributed by atoms with Crippen LogP contribution in [0, 0.1) is 17.8 Å². The first kappa shape index (κ1) is 19.3. The van der Waals surface area contributed by atoms with Crippen LogP contribution in [0.15, 0.2) is 0 Å². The summed E-state index contributed by atoms with van der Waals surface area (Å²) in [5, 5.41) is 2.46. The average Bonchev–Trinajstić information content (AvgIpc) is 2.61. The number of ether oxygens (including phenoxy) is 1. The Labute approximate surface area is 147 Å². The minimum Gasteiger partial charge on any atom is -0.450 e. The first-order valence-corrected chi connectivity index (χ1v) is 10.1. The van der Waals surface area contributed by atoms with Crippen LogP contribution in [0.5, 0.6) is 0 Å². The van der Waals surface area contributed by atoms with Gasteiger partial charge in [0.25, 0.3) is 0 Å². The molecule has 0 radical (unpaired) electrons. The minimum atomic E-state index is -0.469. The van der Waals surface area contributed by atoms with E-state index in [4.69, 9.17) is 4.74 Å². The summed E-state index contributed by atoms with van der Waals surface area (Å²) in [6, 6.07) is 0. The highest BCUT2D eigenvalue weighted by Gasteiger charge is 2.31. The van der Waals surface area contributed by atoms with Gasteiger partial charge in [-0.15, -0.1) is 0 Å². The number of hydrogen-bond donors (Lipinski definition) is 1. The monoisotopic (exact) mass is 337 g/mol. The van der Waals surface area contributed by atoms with Crippen molar-refractivity contribution in [2.45, 2.75) is 84.0 Å². The van der Waals surface area contributed by atoms with Crippen LogP contribution in [0.25, 0.3) is 0 Å². The fraction of sp³-hybridized carbons (Fsp3) is 0.900. The lowest BCUT2D eigenvalue weighted by molar-refractivity contribution is -0.116. The van der Waals surface area contributed by atoms with Crippen molar-refractivity contribution < 1.29 is 14.3 Å². The van der Waals surface area contributed by atoms with E-state index < -0.39 is 6.09 Å². The lowest BCUT2D eigenvalue weighted by Crippen LogP contribution is -2.29. The van der Waals surface area contributed by atoms with Crippen molar-refractivity contribution in [3.05, 3.63) is 0 Å². The Hall–Kier alpha value is -1.06. The van der Waals surface area contributed by atoms with Gasteiger partial charge in [-0.2, -0.15) is 0 Å². The van der Waals surface area contributed by atoms with Gasteiger partial charge < -0.3 is 10.1 Å². The van der Waals surface area contributed by atoms with Crippen LogP contribution < -0.4 is 5.32 Å². The molecule has 0 aromatic rings. The lowest BCUT2D eigenvalue weighted by Gasteiger charge is -2.39. The van der Waals surface area contributed by atoms with Crippen molar-refractivity contribution in [2.75, 3.05) is 13.2 Å². The molecule has 2 atom stereocenters. The Balaban J connectivity index is 1.61. The van der Waals surface area contributed by atoms with E-state index >= 15 is 0 Å². The molecule has 4 heteroatoms. The molecule has 2 aliphatic rings. The van der Waals surface area contributed by atoms with E-state index in [1.54, 1.807) is 0 Å². The Morgan fingerprint density at radius 1 is 0.958 bits per heavy atom. The SMILES string of the molecule is CC(=O)CNC(=O)OCCCCC1CCCCC1C1CCCCC1. The summed E-state index contributed by atoms with van der Waals surface area (Å²) >= 11 is 0. The van der Waals surface area contributed by atoms with E-state index in [-0.39, 0.29) is 12.3 Å². The number of hydrogen-bond acceptors (Lipinski definition) is 3. The van der Waals surface area contributed by atoms with Gasteiger partial charge in [-0.1, -0.05) is 57.8 Å². The van der Waals surface area contributed by atoms with Crippen molar-refractivity contribution in [1.82, 2.24) is 5.32 Å². The number of carbonyl (C=O) groups is 2. The van der Waals surface area contributed by atoms with Crippen molar-refractivity contribution in [3.63, 3.8) is 0 Å². The summed E-state index contributed by atoms with van der Waals surface area (Å²) in [6.45, 7) is 1.97. The van der Waals surface area contributed by atoms with Crippen molar-refractivity contribution >= 4 is 11.9 Å². The first-order valence-electron chi connectivity index (χ1n) is 10.1. The largest absolute Gasteiger partial charge is 0.450 e. The molecule has 24 heavy (non-hydrogen) atoms. The Morgan fingerprint density at radius 2 is 1.67 bits per heavy atom. The number of ketones is 1. The highest BCUT2D eigenvalue weighted by atomic mass is 16.5. The standard InChI is InChI=1S/C20H35NO3/c1-16(22)15-21-20(23)24-14-8-7-12-18-11-5-6-13-19(18)17-9-3-2-4-10-17/h17-19H,2-15H2,1H3,(H,21,23). The third-order valence-corrected chi connectivity index (χ3v) is 5.91. The highest BCUT2D eigenvalue weighted by Crippen LogP contribution is 2.43. The zero-order valence-corrected chi connectivity index (χ0v) is 15.4. The molecule has 138 valence electrons. The normalized spacial score (nSPS) is 25.2. The van der Waals surface area contributed by atoms with Crippen LogP contribution in [0.3, 0.4) is 0 Å². The number of carbonyl (C=O) groups excluding carboxylic acids is 2. The number of rotatable bonds is 8. The highest BCUT2D eigenvalue weighted by molar-refractivity contribution is 5.81. The van der Waals surface area contributed by atoms with Gasteiger partial charge in [0.2, 0.25) is 0 Å². The molecule has 0 saturated heterocycles. The molecule has 2 saturated carbocycles. The molecule has 0 spiro atoms. The summed E-state index contributed by atoms with van der Waals surface area (Å²) in [5.74, 6) is 2.78. The molecule has 2 rings (SSSR count). The maximum atomic E-state index is 11.4. The Kier molecular flexibility index (Phi) is 8.62. The first-order chi connectivity index (χ1) is 11.7. The molecule has 0 aromatic heterocycles. The second-order valence-corrected chi connectivity index (χ2v) is 7.79. The van der Waals surface area contributed by atoms with Crippen LogP contribution in [0.1, 0.15) is 84.0 Å². The van der Waals surface area contributed by atoms with Gasteiger partial charge in [-0.05, 0) is 43.9 Å². The zero-order chi connectivity index (χ0) is 17.2. The molecule has 0 aromatic carbocycles. The third kappa shape index (κ3) is 6.82. The fourth-order valence-corrected chi connectivity index (χ4v) is 4.70. The van der Waals surface area contributed by atoms with Crippen molar-refractivity contribution in [1.29, 1.82) is 0 Å². The molecule has 1 N–H and O–H groups in total. The van der Waals surface area contributed by atoms with Gasteiger partial charge in [0, 0.05) is 0 Å². The predicted molar refractivity (Wildman–Crippen MR) is 95.9 cm³/mol. The molecule has 0 bridgehead atoms. The van der Waals surface area contributed by atoms with E-state index in [1.807, 2.05) is 0 Å². The quantitative estimate of drug-likeness (QED) is 0.644. The van der Waals surface area contributed by atoms with Gasteiger partial charge in [-0.3, -0.25) is 4.79 Å². The number of amides is 1. The van der Waals surface area contributed by atoms with Crippen molar-refractivity contribution in [3.8, 4) is 0 Å². The van der Waals surface area contributed by atoms with Gasteiger partial charge in [0.1, 0.15) is 5.78 Å². The smallest absolute Gasteiger partial charge is 0.407 e. The molecular weight excluding hydrogens is 302 g/mol. The second-order valence-electron chi connectivity index (χ2n) is 7.79. The van der Waals surface area contributed by atoms with Crippen LogP contribution in [-0.4, -0.2) is 25.0 Å². The predicted octanol–water partition coefficient (Wildman–Crippen LogP) is 4.86. The van der Waals surface area contributed by atoms with Crippen LogP contribution in [0.2, 0.25) is 0 Å². The molecule has 2 aliphatic carbocycles. The van der Waals surface area contributed by atoms with Gasteiger partial charge in [0.15, 0.2) is 0 Å². The van der Waals surface area contributed by atoms with E-state index in [0.717, 1.165) is 30.6 Å². The lowest BCUT2D eigenvalue weighted by atomic mass is 9.67. The van der Waals surface area contributed by atoms with E-state index in [1.165, 1.54) is 71.1 Å². The molecule has 0 aliphatic heterocycles. The Morgan fingerprint density at radius 3 is 2.42 bits per heavy atom. The Bertz CT molecular complexity index is 390. The summed E-state index contributed by atoms with van der Waals surface area (Å²) in [6.07, 6.45) is 15.8. The van der Waals surface area contributed by atoms with E-state index in [2.05, 4.69) is 5.32 Å². The maximum Gasteiger partial charge on any atom is 0.407 e.